The van der Waals surface area contributed by atoms with Gasteiger partial charge in [0, 0.05) is 11.2 Å². The van der Waals surface area contributed by atoms with Gasteiger partial charge in [-0.05, 0) is 50.6 Å². The zero-order valence-electron chi connectivity index (χ0n) is 14.0. The van der Waals surface area contributed by atoms with Crippen molar-refractivity contribution in [1.82, 2.24) is 14.9 Å². The molecule has 0 spiro atoms. The lowest BCUT2D eigenvalue weighted by Crippen LogP contribution is -2.15. The van der Waals surface area contributed by atoms with E-state index >= 15 is 0 Å². The first-order valence-corrected chi connectivity index (χ1v) is 7.98. The highest BCUT2D eigenvalue weighted by molar-refractivity contribution is 6.30. The van der Waals surface area contributed by atoms with Gasteiger partial charge >= 0.3 is 0 Å². The van der Waals surface area contributed by atoms with Gasteiger partial charge in [0.25, 0.3) is 5.91 Å². The van der Waals surface area contributed by atoms with Crippen LogP contribution in [0.4, 0.5) is 5.69 Å². The highest BCUT2D eigenvalue weighted by Crippen LogP contribution is 2.22. The molecule has 0 saturated heterocycles. The highest BCUT2D eigenvalue weighted by Gasteiger charge is 2.15. The van der Waals surface area contributed by atoms with Gasteiger partial charge in [0.2, 0.25) is 0 Å². The van der Waals surface area contributed by atoms with Gasteiger partial charge in [0.05, 0.1) is 0 Å². The first-order valence-electron chi connectivity index (χ1n) is 7.60. The zero-order chi connectivity index (χ0) is 18.0. The van der Waals surface area contributed by atoms with E-state index in [0.29, 0.717) is 27.9 Å². The number of hydrogen-bond acceptors (Lipinski definition) is 5. The molecule has 0 aliphatic heterocycles. The molecule has 1 aromatic carbocycles. The molecule has 1 amide bonds. The fourth-order valence-electron chi connectivity index (χ4n) is 2.30. The number of ether oxygens (including phenoxy) is 1. The van der Waals surface area contributed by atoms with Gasteiger partial charge in [-0.3, -0.25) is 4.79 Å². The van der Waals surface area contributed by atoms with Crippen LogP contribution in [0.15, 0.2) is 35.0 Å². The molecule has 0 saturated carbocycles. The van der Waals surface area contributed by atoms with Gasteiger partial charge in [-0.15, -0.1) is 0 Å². The fraction of sp³-hybridized carbons (Fsp3) is 0.235. The predicted octanol–water partition coefficient (Wildman–Crippen LogP) is 3.74. The molecule has 8 heteroatoms. The largest absolute Gasteiger partial charge is 0.471 e. The van der Waals surface area contributed by atoms with Crippen molar-refractivity contribution in [3.05, 3.63) is 58.2 Å². The van der Waals surface area contributed by atoms with Crippen molar-refractivity contribution in [3.63, 3.8) is 0 Å². The molecule has 0 bridgehead atoms. The van der Waals surface area contributed by atoms with Gasteiger partial charge in [-0.2, -0.15) is 5.10 Å². The lowest BCUT2D eigenvalue weighted by atomic mass is 10.2. The van der Waals surface area contributed by atoms with E-state index < -0.39 is 0 Å². The van der Waals surface area contributed by atoms with Crippen molar-refractivity contribution in [2.24, 2.45) is 0 Å². The van der Waals surface area contributed by atoms with Gasteiger partial charge in [-0.1, -0.05) is 16.8 Å². The molecule has 7 nitrogen and oxygen atoms in total. The van der Waals surface area contributed by atoms with Crippen molar-refractivity contribution < 1.29 is 14.1 Å². The van der Waals surface area contributed by atoms with Gasteiger partial charge in [-0.25, -0.2) is 4.68 Å². The standard InChI is InChI=1S/C17H17ClN4O3/c1-10-8-13(18)4-5-15(10)24-9-22-7-6-14(20-22)17(23)19-16-11(2)21-25-12(16)3/h4-8H,9H2,1-3H3,(H,19,23). The Morgan fingerprint density at radius 2 is 2.12 bits per heavy atom. The summed E-state index contributed by atoms with van der Waals surface area (Å²) in [6, 6.07) is 7.00. The van der Waals surface area contributed by atoms with Gasteiger partial charge < -0.3 is 14.6 Å². The molecule has 25 heavy (non-hydrogen) atoms. The van der Waals surface area contributed by atoms with Crippen LogP contribution in [0.3, 0.4) is 0 Å². The van der Waals surface area contributed by atoms with Crippen LogP contribution in [0.2, 0.25) is 5.02 Å². The number of halogens is 1. The maximum atomic E-state index is 12.3. The Kier molecular flexibility index (Phi) is 4.76. The zero-order valence-corrected chi connectivity index (χ0v) is 14.8. The number of benzene rings is 1. The molecule has 0 unspecified atom stereocenters. The molecule has 2 heterocycles. The summed E-state index contributed by atoms with van der Waals surface area (Å²) in [6.07, 6.45) is 1.67. The number of amides is 1. The third-order valence-corrected chi connectivity index (χ3v) is 3.87. The smallest absolute Gasteiger partial charge is 0.276 e. The molecule has 3 aromatic rings. The number of carbonyl (C=O) groups excluding carboxylic acids is 1. The average molecular weight is 361 g/mol. The number of nitrogens with zero attached hydrogens (tertiary/aromatic N) is 3. The number of aromatic nitrogens is 3. The normalized spacial score (nSPS) is 10.7. The maximum Gasteiger partial charge on any atom is 0.276 e. The lowest BCUT2D eigenvalue weighted by molar-refractivity contribution is 0.102. The third-order valence-electron chi connectivity index (χ3n) is 3.63. The lowest BCUT2D eigenvalue weighted by Gasteiger charge is -2.09. The summed E-state index contributed by atoms with van der Waals surface area (Å²) in [5.74, 6) is 0.921. The van der Waals surface area contributed by atoms with E-state index in [1.54, 1.807) is 38.2 Å². The summed E-state index contributed by atoms with van der Waals surface area (Å²) in [4.78, 5) is 12.3. The van der Waals surface area contributed by atoms with Crippen LogP contribution in [0.25, 0.3) is 0 Å². The van der Waals surface area contributed by atoms with Crippen LogP contribution in [-0.4, -0.2) is 20.8 Å². The van der Waals surface area contributed by atoms with Crippen LogP contribution in [0.1, 0.15) is 27.5 Å². The van der Waals surface area contributed by atoms with Crippen molar-refractivity contribution in [3.8, 4) is 5.75 Å². The SMILES string of the molecule is Cc1cc(Cl)ccc1OCn1ccc(C(=O)Nc2c(C)noc2C)n1. The van der Waals surface area contributed by atoms with E-state index in [9.17, 15) is 4.79 Å². The molecule has 0 fully saturated rings. The van der Waals surface area contributed by atoms with E-state index in [1.807, 2.05) is 13.0 Å². The third kappa shape index (κ3) is 3.83. The van der Waals surface area contributed by atoms with E-state index in [2.05, 4.69) is 15.6 Å². The van der Waals surface area contributed by atoms with Crippen LogP contribution in [0.5, 0.6) is 5.75 Å². The Hall–Kier alpha value is -2.80. The number of nitrogens with one attached hydrogen (secondary N) is 1. The molecular weight excluding hydrogens is 344 g/mol. The monoisotopic (exact) mass is 360 g/mol. The first-order chi connectivity index (χ1) is 11.9. The van der Waals surface area contributed by atoms with Crippen LogP contribution in [0, 0.1) is 20.8 Å². The number of anilines is 1. The van der Waals surface area contributed by atoms with E-state index in [4.69, 9.17) is 20.9 Å². The average Bonchev–Trinajstić information content (AvgIpc) is 3.16. The molecule has 0 aliphatic rings. The highest BCUT2D eigenvalue weighted by atomic mass is 35.5. The molecule has 0 radical (unpaired) electrons. The number of aryl methyl sites for hydroxylation is 3. The van der Waals surface area contributed by atoms with Crippen molar-refractivity contribution >= 4 is 23.2 Å². The van der Waals surface area contributed by atoms with Crippen LogP contribution < -0.4 is 10.1 Å². The molecule has 0 aliphatic carbocycles. The Balaban J connectivity index is 1.65. The van der Waals surface area contributed by atoms with E-state index in [1.165, 1.54) is 4.68 Å². The number of carbonyl (C=O) groups is 1. The summed E-state index contributed by atoms with van der Waals surface area (Å²) in [5, 5.41) is 11.4. The molecule has 130 valence electrons. The van der Waals surface area contributed by atoms with Crippen LogP contribution in [-0.2, 0) is 6.73 Å². The van der Waals surface area contributed by atoms with Crippen molar-refractivity contribution in [2.75, 3.05) is 5.32 Å². The minimum absolute atomic E-state index is 0.182. The minimum Gasteiger partial charge on any atom is -0.471 e. The topological polar surface area (TPSA) is 82.2 Å². The summed E-state index contributed by atoms with van der Waals surface area (Å²) < 4.78 is 12.3. The summed E-state index contributed by atoms with van der Waals surface area (Å²) in [7, 11) is 0. The first kappa shape index (κ1) is 17.0. The molecule has 2 aromatic heterocycles. The molecule has 0 atom stereocenters. The predicted molar refractivity (Wildman–Crippen MR) is 93.0 cm³/mol. The minimum atomic E-state index is -0.337. The fourth-order valence-corrected chi connectivity index (χ4v) is 2.53. The van der Waals surface area contributed by atoms with Gasteiger partial charge in [0.15, 0.2) is 18.2 Å². The van der Waals surface area contributed by atoms with E-state index in [-0.39, 0.29) is 18.3 Å². The maximum absolute atomic E-state index is 12.3. The number of hydrogen-bond donors (Lipinski definition) is 1. The second-order valence-corrected chi connectivity index (χ2v) is 6.01. The summed E-state index contributed by atoms with van der Waals surface area (Å²) in [6.45, 7) is 5.58. The van der Waals surface area contributed by atoms with Crippen LogP contribution >= 0.6 is 11.6 Å². The van der Waals surface area contributed by atoms with Crippen molar-refractivity contribution in [2.45, 2.75) is 27.5 Å². The van der Waals surface area contributed by atoms with E-state index in [0.717, 1.165) is 5.56 Å². The second kappa shape index (κ2) is 6.98. The second-order valence-electron chi connectivity index (χ2n) is 5.58. The van der Waals surface area contributed by atoms with Gasteiger partial charge in [0.1, 0.15) is 17.1 Å². The summed E-state index contributed by atoms with van der Waals surface area (Å²) >= 11 is 5.92. The molecule has 1 N–H and O–H groups in total. The van der Waals surface area contributed by atoms with Crippen molar-refractivity contribution in [1.29, 1.82) is 0 Å². The molecule has 3 rings (SSSR count). The number of rotatable bonds is 5. The Morgan fingerprint density at radius 1 is 1.32 bits per heavy atom. The Labute approximate surface area is 149 Å². The Bertz CT molecular complexity index is 897. The Morgan fingerprint density at radius 3 is 2.80 bits per heavy atom. The summed E-state index contributed by atoms with van der Waals surface area (Å²) in [5.41, 5.74) is 2.38. The molecular formula is C17H17ClN4O3. The quantitative estimate of drug-likeness (QED) is 0.749.